The normalized spacial score (nSPS) is 32.2. The molecule has 0 radical (unpaired) electrons. The van der Waals surface area contributed by atoms with Crippen molar-refractivity contribution in [1.29, 1.82) is 0 Å². The topological polar surface area (TPSA) is 0 Å². The Morgan fingerprint density at radius 3 is 2.56 bits per heavy atom. The molecule has 0 fully saturated rings. The van der Waals surface area contributed by atoms with Gasteiger partial charge in [0, 0.05) is 0 Å². The molecule has 0 bridgehead atoms. The fraction of sp³-hybridized carbons (Fsp3) is 0.750. The van der Waals surface area contributed by atoms with Gasteiger partial charge in [-0.1, -0.05) is 32.6 Å². The molecule has 46 valence electrons. The van der Waals surface area contributed by atoms with Crippen LogP contribution in [0.25, 0.3) is 0 Å². The van der Waals surface area contributed by atoms with Crippen LogP contribution in [0.4, 0.5) is 0 Å². The summed E-state index contributed by atoms with van der Waals surface area (Å²) in [6, 6.07) is 0. The Balaban J connectivity index is 0.000000640. The molecule has 0 saturated carbocycles. The Morgan fingerprint density at radius 2 is 2.33 bits per heavy atom. The van der Waals surface area contributed by atoms with Crippen molar-refractivity contribution in [1.82, 2.24) is 0 Å². The van der Waals surface area contributed by atoms with Gasteiger partial charge in [0.1, 0.15) is 0 Å². The molecule has 0 aromatic heterocycles. The van der Waals surface area contributed by atoms with Crippen LogP contribution >= 0.6 is 0 Å². The summed E-state index contributed by atoms with van der Waals surface area (Å²) in [6.07, 6.45) is 8.13. The Kier molecular flexibility index (Phi) is 5.06. The summed E-state index contributed by atoms with van der Waals surface area (Å²) in [5.41, 5.74) is 0. The molecule has 2 atom stereocenters. The fourth-order valence-corrected chi connectivity index (χ4v) is 1.17. The van der Waals surface area contributed by atoms with Gasteiger partial charge in [0.2, 0.25) is 0 Å². The molecule has 0 aromatic carbocycles. The molecule has 0 spiro atoms. The van der Waals surface area contributed by atoms with Crippen molar-refractivity contribution in [2.24, 2.45) is 11.8 Å². The molecule has 1 aliphatic rings. The van der Waals surface area contributed by atoms with E-state index in [9.17, 15) is 0 Å². The minimum absolute atomic E-state index is 0. The molecule has 0 saturated heterocycles. The second kappa shape index (κ2) is 4.63. The SMILES string of the molecule is CCC1[C-]=CC(C)C1.[Y+3]. The summed E-state index contributed by atoms with van der Waals surface area (Å²) in [5.74, 6) is 1.56. The molecule has 1 rings (SSSR count). The molecular formula is C8H13Y+2. The van der Waals surface area contributed by atoms with Crippen molar-refractivity contribution < 1.29 is 32.7 Å². The zero-order valence-corrected chi connectivity index (χ0v) is 9.06. The van der Waals surface area contributed by atoms with Gasteiger partial charge < -0.3 is 6.08 Å². The summed E-state index contributed by atoms with van der Waals surface area (Å²) in [4.78, 5) is 0. The van der Waals surface area contributed by atoms with E-state index in [0.717, 1.165) is 11.8 Å². The maximum Gasteiger partial charge on any atom is 3.00 e. The van der Waals surface area contributed by atoms with Crippen LogP contribution < -0.4 is 0 Å². The molecule has 1 aliphatic carbocycles. The fourth-order valence-electron chi connectivity index (χ4n) is 1.17. The molecule has 0 heterocycles. The molecule has 0 amide bonds. The predicted molar refractivity (Wildman–Crippen MR) is 35.4 cm³/mol. The first-order valence-corrected chi connectivity index (χ1v) is 3.42. The average Bonchev–Trinajstić information content (AvgIpc) is 2.14. The van der Waals surface area contributed by atoms with E-state index in [1.54, 1.807) is 0 Å². The van der Waals surface area contributed by atoms with Gasteiger partial charge >= 0.3 is 32.7 Å². The van der Waals surface area contributed by atoms with Crippen molar-refractivity contribution in [2.75, 3.05) is 0 Å². The smallest absolute Gasteiger partial charge is 0.497 e. The molecule has 0 N–H and O–H groups in total. The van der Waals surface area contributed by atoms with E-state index in [1.165, 1.54) is 12.8 Å². The van der Waals surface area contributed by atoms with Crippen LogP contribution in [0.15, 0.2) is 6.08 Å². The predicted octanol–water partition coefficient (Wildman–Crippen LogP) is 2.41. The Labute approximate surface area is 83.0 Å². The Hall–Kier alpha value is 0.844. The van der Waals surface area contributed by atoms with Gasteiger partial charge in [-0.05, 0) is 0 Å². The van der Waals surface area contributed by atoms with Gasteiger partial charge in [-0.15, -0.1) is 0 Å². The van der Waals surface area contributed by atoms with Crippen LogP contribution in [-0.4, -0.2) is 0 Å². The first kappa shape index (κ1) is 9.84. The minimum Gasteiger partial charge on any atom is -0.497 e. The van der Waals surface area contributed by atoms with Crippen LogP contribution in [-0.2, 0) is 32.7 Å². The van der Waals surface area contributed by atoms with Crippen LogP contribution in [0.1, 0.15) is 26.7 Å². The Bertz CT molecular complexity index is 96.7. The summed E-state index contributed by atoms with van der Waals surface area (Å²) < 4.78 is 0. The van der Waals surface area contributed by atoms with Crippen molar-refractivity contribution in [3.63, 3.8) is 0 Å². The summed E-state index contributed by atoms with van der Waals surface area (Å²) >= 11 is 0. The number of hydrogen-bond donors (Lipinski definition) is 0. The monoisotopic (exact) mass is 198 g/mol. The Morgan fingerprint density at radius 1 is 1.67 bits per heavy atom. The summed E-state index contributed by atoms with van der Waals surface area (Å²) in [7, 11) is 0. The number of allylic oxidation sites excluding steroid dienone is 2. The van der Waals surface area contributed by atoms with Gasteiger partial charge in [-0.25, -0.2) is 0 Å². The van der Waals surface area contributed by atoms with Crippen LogP contribution in [0.3, 0.4) is 0 Å². The number of rotatable bonds is 1. The van der Waals surface area contributed by atoms with Crippen molar-refractivity contribution in [2.45, 2.75) is 26.7 Å². The zero-order chi connectivity index (χ0) is 5.98. The molecule has 0 aromatic rings. The summed E-state index contributed by atoms with van der Waals surface area (Å²) in [5, 5.41) is 0. The average molecular weight is 198 g/mol. The van der Waals surface area contributed by atoms with Crippen molar-refractivity contribution in [3.8, 4) is 0 Å². The minimum atomic E-state index is 0. The van der Waals surface area contributed by atoms with Crippen LogP contribution in [0.5, 0.6) is 0 Å². The molecule has 2 unspecified atom stereocenters. The van der Waals surface area contributed by atoms with E-state index >= 15 is 0 Å². The maximum absolute atomic E-state index is 3.33. The first-order valence-electron chi connectivity index (χ1n) is 3.42. The van der Waals surface area contributed by atoms with E-state index in [4.69, 9.17) is 0 Å². The second-order valence-corrected chi connectivity index (χ2v) is 2.65. The third kappa shape index (κ3) is 2.95. The molecule has 1 heteroatoms. The van der Waals surface area contributed by atoms with Gasteiger partial charge in [0.05, 0.1) is 0 Å². The van der Waals surface area contributed by atoms with E-state index < -0.39 is 0 Å². The largest absolute Gasteiger partial charge is 3.00 e. The number of hydrogen-bond acceptors (Lipinski definition) is 0. The van der Waals surface area contributed by atoms with E-state index in [1.807, 2.05) is 0 Å². The quantitative estimate of drug-likeness (QED) is 0.567. The third-order valence-corrected chi connectivity index (χ3v) is 1.77. The van der Waals surface area contributed by atoms with E-state index in [-0.39, 0.29) is 32.7 Å². The second-order valence-electron chi connectivity index (χ2n) is 2.65. The standard InChI is InChI=1S/C8H13.Y/c1-3-8-5-4-7(2)6-8;/h4,7-8H,3,6H2,1-2H3;/q-1;+3. The van der Waals surface area contributed by atoms with Gasteiger partial charge in [0.15, 0.2) is 0 Å². The van der Waals surface area contributed by atoms with Crippen molar-refractivity contribution >= 4 is 0 Å². The van der Waals surface area contributed by atoms with Crippen LogP contribution in [0, 0.1) is 17.9 Å². The van der Waals surface area contributed by atoms with E-state index in [2.05, 4.69) is 26.0 Å². The third-order valence-electron chi connectivity index (χ3n) is 1.77. The first-order chi connectivity index (χ1) is 3.83. The van der Waals surface area contributed by atoms with Gasteiger partial charge in [0.25, 0.3) is 0 Å². The molecule has 0 aliphatic heterocycles. The molecular weight excluding hydrogens is 185 g/mol. The van der Waals surface area contributed by atoms with Gasteiger partial charge in [-0.2, -0.15) is 5.92 Å². The van der Waals surface area contributed by atoms with Gasteiger partial charge in [-0.3, -0.25) is 6.08 Å². The van der Waals surface area contributed by atoms with E-state index in [0.29, 0.717) is 0 Å². The van der Waals surface area contributed by atoms with Crippen LogP contribution in [0.2, 0.25) is 0 Å². The summed E-state index contributed by atoms with van der Waals surface area (Å²) in [6.45, 7) is 4.48. The molecule has 9 heavy (non-hydrogen) atoms. The zero-order valence-electron chi connectivity index (χ0n) is 6.22. The molecule has 0 nitrogen and oxygen atoms in total. The maximum atomic E-state index is 3.33. The van der Waals surface area contributed by atoms with Crippen molar-refractivity contribution in [3.05, 3.63) is 12.2 Å².